The molecule has 1 atom stereocenters. The van der Waals surface area contributed by atoms with Crippen LogP contribution in [-0.4, -0.2) is 23.4 Å². The van der Waals surface area contributed by atoms with Crippen molar-refractivity contribution >= 4 is 11.5 Å². The van der Waals surface area contributed by atoms with Crippen LogP contribution in [0.3, 0.4) is 0 Å². The summed E-state index contributed by atoms with van der Waals surface area (Å²) >= 11 is 0. The van der Waals surface area contributed by atoms with Crippen LogP contribution in [0.4, 0.5) is 0 Å². The fourth-order valence-electron chi connectivity index (χ4n) is 3.45. The Kier molecular flexibility index (Phi) is 6.12. The molecule has 0 spiro atoms. The first kappa shape index (κ1) is 19.0. The van der Waals surface area contributed by atoms with Gasteiger partial charge in [-0.25, -0.2) is 0 Å². The summed E-state index contributed by atoms with van der Waals surface area (Å²) in [4.78, 5) is 14.2. The fourth-order valence-corrected chi connectivity index (χ4v) is 3.45. The van der Waals surface area contributed by atoms with Crippen LogP contribution in [0.2, 0.25) is 0 Å². The van der Waals surface area contributed by atoms with Gasteiger partial charge >= 0.3 is 0 Å². The molecule has 2 aromatic rings. The second kappa shape index (κ2) is 8.72. The van der Waals surface area contributed by atoms with E-state index in [1.54, 1.807) is 0 Å². The van der Waals surface area contributed by atoms with Crippen molar-refractivity contribution < 1.29 is 9.53 Å². The van der Waals surface area contributed by atoms with Gasteiger partial charge in [0.05, 0.1) is 0 Å². The molecule has 0 radical (unpaired) electrons. The molecule has 3 heteroatoms. The summed E-state index contributed by atoms with van der Waals surface area (Å²) in [5.74, 6) is 1.04. The molecule has 140 valence electrons. The van der Waals surface area contributed by atoms with E-state index in [9.17, 15) is 4.79 Å². The van der Waals surface area contributed by atoms with Crippen LogP contribution in [-0.2, 0) is 11.4 Å². The van der Waals surface area contributed by atoms with Crippen molar-refractivity contribution in [1.29, 1.82) is 0 Å². The Balaban J connectivity index is 1.58. The molecule has 27 heavy (non-hydrogen) atoms. The average Bonchev–Trinajstić information content (AvgIpc) is 3.00. The SMILES string of the molecule is C=C(C)C[C@@H]1CCC(=O)N1CC(=C)c1ccc(OCc2ccccc2)cc1. The summed E-state index contributed by atoms with van der Waals surface area (Å²) in [7, 11) is 0. The van der Waals surface area contributed by atoms with Crippen LogP contribution in [0, 0.1) is 0 Å². The van der Waals surface area contributed by atoms with Gasteiger partial charge in [0.1, 0.15) is 12.4 Å². The largest absolute Gasteiger partial charge is 0.489 e. The van der Waals surface area contributed by atoms with Gasteiger partial charge in [-0.05, 0) is 48.6 Å². The number of hydrogen-bond acceptors (Lipinski definition) is 2. The smallest absolute Gasteiger partial charge is 0.223 e. The highest BCUT2D eigenvalue weighted by molar-refractivity contribution is 5.81. The molecule has 1 fully saturated rings. The van der Waals surface area contributed by atoms with E-state index in [2.05, 4.69) is 13.2 Å². The van der Waals surface area contributed by atoms with E-state index < -0.39 is 0 Å². The molecule has 0 aliphatic carbocycles. The number of rotatable bonds is 8. The predicted octanol–water partition coefficient (Wildman–Crippen LogP) is 5.24. The first-order chi connectivity index (χ1) is 13.0. The van der Waals surface area contributed by atoms with E-state index >= 15 is 0 Å². The highest BCUT2D eigenvalue weighted by Crippen LogP contribution is 2.27. The molecule has 0 N–H and O–H groups in total. The third-order valence-electron chi connectivity index (χ3n) is 4.91. The number of benzene rings is 2. The van der Waals surface area contributed by atoms with Gasteiger partial charge in [-0.15, -0.1) is 6.58 Å². The Bertz CT molecular complexity index is 808. The maximum atomic E-state index is 12.2. The number of nitrogens with zero attached hydrogens (tertiary/aromatic N) is 1. The second-order valence-electron chi connectivity index (χ2n) is 7.28. The van der Waals surface area contributed by atoms with Crippen molar-refractivity contribution in [2.24, 2.45) is 0 Å². The number of amides is 1. The maximum absolute atomic E-state index is 12.2. The highest BCUT2D eigenvalue weighted by Gasteiger charge is 2.30. The molecule has 0 unspecified atom stereocenters. The van der Waals surface area contributed by atoms with Crippen molar-refractivity contribution in [3.05, 3.63) is 84.5 Å². The average molecular weight is 361 g/mol. The van der Waals surface area contributed by atoms with Gasteiger partial charge in [-0.1, -0.05) is 54.6 Å². The van der Waals surface area contributed by atoms with Crippen LogP contribution in [0.1, 0.15) is 37.3 Å². The highest BCUT2D eigenvalue weighted by atomic mass is 16.5. The van der Waals surface area contributed by atoms with Crippen molar-refractivity contribution in [2.45, 2.75) is 38.8 Å². The lowest BCUT2D eigenvalue weighted by Crippen LogP contribution is -2.34. The minimum atomic E-state index is 0.213. The lowest BCUT2D eigenvalue weighted by Gasteiger charge is -2.26. The van der Waals surface area contributed by atoms with Crippen molar-refractivity contribution in [3.63, 3.8) is 0 Å². The summed E-state index contributed by atoms with van der Waals surface area (Å²) in [5, 5.41) is 0. The number of carbonyl (C=O) groups excluding carboxylic acids is 1. The van der Waals surface area contributed by atoms with E-state index in [1.165, 1.54) is 0 Å². The lowest BCUT2D eigenvalue weighted by molar-refractivity contribution is -0.128. The first-order valence-electron chi connectivity index (χ1n) is 9.41. The summed E-state index contributed by atoms with van der Waals surface area (Å²) in [6, 6.07) is 18.3. The van der Waals surface area contributed by atoms with E-state index in [1.807, 2.05) is 66.4 Å². The Labute approximate surface area is 162 Å². The van der Waals surface area contributed by atoms with E-state index in [4.69, 9.17) is 4.74 Å². The zero-order chi connectivity index (χ0) is 19.2. The van der Waals surface area contributed by atoms with Gasteiger partial charge in [-0.2, -0.15) is 0 Å². The van der Waals surface area contributed by atoms with E-state index in [-0.39, 0.29) is 11.9 Å². The third-order valence-corrected chi connectivity index (χ3v) is 4.91. The molecule has 0 aromatic heterocycles. The van der Waals surface area contributed by atoms with Crippen LogP contribution in [0.5, 0.6) is 5.75 Å². The molecule has 0 saturated carbocycles. The zero-order valence-electron chi connectivity index (χ0n) is 16.0. The van der Waals surface area contributed by atoms with Gasteiger partial charge in [0.25, 0.3) is 0 Å². The van der Waals surface area contributed by atoms with Crippen LogP contribution < -0.4 is 4.74 Å². The number of likely N-dealkylation sites (tertiary alicyclic amines) is 1. The van der Waals surface area contributed by atoms with Gasteiger partial charge in [-0.3, -0.25) is 4.79 Å². The molecule has 1 saturated heterocycles. The van der Waals surface area contributed by atoms with E-state index in [0.29, 0.717) is 19.6 Å². The van der Waals surface area contributed by atoms with Gasteiger partial charge < -0.3 is 9.64 Å². The molecule has 3 nitrogen and oxygen atoms in total. The molecule has 1 aliphatic rings. The molecule has 1 aliphatic heterocycles. The molecule has 1 heterocycles. The predicted molar refractivity (Wildman–Crippen MR) is 110 cm³/mol. The van der Waals surface area contributed by atoms with Gasteiger partial charge in [0.2, 0.25) is 5.91 Å². The number of ether oxygens (including phenoxy) is 1. The summed E-state index contributed by atoms with van der Waals surface area (Å²) in [6.07, 6.45) is 2.40. The standard InChI is InChI=1S/C24H27NO2/c1-18(2)15-22-11-14-24(26)25(22)16-19(3)21-9-12-23(13-10-21)27-17-20-7-5-4-6-8-20/h4-10,12-13,22H,1,3,11,14-17H2,2H3/t22-/m0/s1. The molecular formula is C24H27NO2. The Morgan fingerprint density at radius 1 is 1.11 bits per heavy atom. The molecule has 0 bridgehead atoms. The molecule has 3 rings (SSSR count). The Morgan fingerprint density at radius 2 is 1.81 bits per heavy atom. The van der Waals surface area contributed by atoms with Crippen molar-refractivity contribution in [1.82, 2.24) is 4.90 Å². The first-order valence-corrected chi connectivity index (χ1v) is 9.41. The topological polar surface area (TPSA) is 29.5 Å². The minimum absolute atomic E-state index is 0.213. The normalized spacial score (nSPS) is 16.4. The molecule has 1 amide bonds. The zero-order valence-corrected chi connectivity index (χ0v) is 16.0. The number of hydrogen-bond donors (Lipinski definition) is 0. The second-order valence-corrected chi connectivity index (χ2v) is 7.28. The fraction of sp³-hybridized carbons (Fsp3) is 0.292. The van der Waals surface area contributed by atoms with Gasteiger partial charge in [0, 0.05) is 19.0 Å². The van der Waals surface area contributed by atoms with E-state index in [0.717, 1.165) is 40.9 Å². The van der Waals surface area contributed by atoms with Crippen LogP contribution in [0.15, 0.2) is 73.3 Å². The summed E-state index contributed by atoms with van der Waals surface area (Å²) in [6.45, 7) is 11.3. The maximum Gasteiger partial charge on any atom is 0.223 e. The Hall–Kier alpha value is -2.81. The van der Waals surface area contributed by atoms with Crippen LogP contribution >= 0.6 is 0 Å². The summed E-state index contributed by atoms with van der Waals surface area (Å²) in [5.41, 5.74) is 4.25. The van der Waals surface area contributed by atoms with Crippen molar-refractivity contribution in [2.75, 3.05) is 6.54 Å². The Morgan fingerprint density at radius 3 is 2.48 bits per heavy atom. The monoisotopic (exact) mass is 361 g/mol. The van der Waals surface area contributed by atoms with Crippen molar-refractivity contribution in [3.8, 4) is 5.75 Å². The third kappa shape index (κ3) is 5.10. The quantitative estimate of drug-likeness (QED) is 0.602. The summed E-state index contributed by atoms with van der Waals surface area (Å²) < 4.78 is 5.83. The number of carbonyl (C=O) groups is 1. The minimum Gasteiger partial charge on any atom is -0.489 e. The molecule has 2 aromatic carbocycles. The lowest BCUT2D eigenvalue weighted by atomic mass is 10.0. The molecular weight excluding hydrogens is 334 g/mol. The van der Waals surface area contributed by atoms with Crippen LogP contribution in [0.25, 0.3) is 5.57 Å². The van der Waals surface area contributed by atoms with Gasteiger partial charge in [0.15, 0.2) is 0 Å².